The predicted octanol–water partition coefficient (Wildman–Crippen LogP) is 2.72. The molecule has 0 aliphatic heterocycles. The van der Waals surface area contributed by atoms with Gasteiger partial charge in [-0.2, -0.15) is 0 Å². The van der Waals surface area contributed by atoms with Gasteiger partial charge in [-0.1, -0.05) is 23.8 Å². The number of thiophene rings is 1. The number of nitrogens with two attached hydrogens (primary N) is 1. The van der Waals surface area contributed by atoms with Crippen LogP contribution in [0.2, 0.25) is 0 Å². The molecule has 26 heavy (non-hydrogen) atoms. The summed E-state index contributed by atoms with van der Waals surface area (Å²) >= 11 is 1.46. The first-order chi connectivity index (χ1) is 12.4. The Balaban J connectivity index is 2.11. The molecular formula is C18H18N4O3S. The summed E-state index contributed by atoms with van der Waals surface area (Å²) in [6.45, 7) is 4.05. The molecule has 1 aromatic carbocycles. The standard InChI is InChI=1S/C18H18N4O3S/c1-9-3-4-11(10(2)5-9)12-7-26-17-15(12)16(20-8-21-17)22-13(18(24)25)6-14(19)23/h3-5,7-8,13H,6H2,1-2H3,(H2,19,23)(H,24,25)(H,20,21,22). The molecule has 0 spiro atoms. The van der Waals surface area contributed by atoms with Crippen molar-refractivity contribution in [1.82, 2.24) is 9.97 Å². The fourth-order valence-corrected chi connectivity index (χ4v) is 3.77. The summed E-state index contributed by atoms with van der Waals surface area (Å²) in [6, 6.07) is 4.98. The topological polar surface area (TPSA) is 118 Å². The third-order valence-electron chi connectivity index (χ3n) is 4.06. The number of hydrogen-bond donors (Lipinski definition) is 3. The Morgan fingerprint density at radius 3 is 2.69 bits per heavy atom. The van der Waals surface area contributed by atoms with Gasteiger partial charge in [-0.25, -0.2) is 14.8 Å². The SMILES string of the molecule is Cc1ccc(-c2csc3ncnc(NC(CC(N)=O)C(=O)O)c23)c(C)c1. The van der Waals surface area contributed by atoms with Crippen molar-refractivity contribution in [1.29, 1.82) is 0 Å². The first-order valence-corrected chi connectivity index (χ1v) is 8.82. The lowest BCUT2D eigenvalue weighted by Gasteiger charge is -2.15. The number of primary amides is 1. The molecule has 0 saturated heterocycles. The number of nitrogens with zero attached hydrogens (tertiary/aromatic N) is 2. The maximum Gasteiger partial charge on any atom is 0.326 e. The van der Waals surface area contributed by atoms with Crippen LogP contribution < -0.4 is 11.1 Å². The number of carbonyl (C=O) groups excluding carboxylic acids is 1. The van der Waals surface area contributed by atoms with Gasteiger partial charge in [-0.15, -0.1) is 11.3 Å². The van der Waals surface area contributed by atoms with Gasteiger partial charge >= 0.3 is 5.97 Å². The monoisotopic (exact) mass is 370 g/mol. The van der Waals surface area contributed by atoms with Gasteiger partial charge in [0, 0.05) is 10.9 Å². The van der Waals surface area contributed by atoms with Crippen LogP contribution in [-0.2, 0) is 9.59 Å². The summed E-state index contributed by atoms with van der Waals surface area (Å²) in [7, 11) is 0. The second-order valence-corrected chi connectivity index (χ2v) is 6.93. The zero-order valence-corrected chi connectivity index (χ0v) is 15.1. The number of fused-ring (bicyclic) bond motifs is 1. The second kappa shape index (κ2) is 7.09. The quantitative estimate of drug-likeness (QED) is 0.614. The predicted molar refractivity (Wildman–Crippen MR) is 101 cm³/mol. The van der Waals surface area contributed by atoms with Crippen molar-refractivity contribution >= 4 is 39.2 Å². The van der Waals surface area contributed by atoms with Crippen molar-refractivity contribution < 1.29 is 14.7 Å². The van der Waals surface area contributed by atoms with E-state index >= 15 is 0 Å². The van der Waals surface area contributed by atoms with Crippen LogP contribution in [0.3, 0.4) is 0 Å². The Kier molecular flexibility index (Phi) is 4.85. The number of anilines is 1. The lowest BCUT2D eigenvalue weighted by atomic mass is 9.99. The van der Waals surface area contributed by atoms with Crippen molar-refractivity contribution in [2.75, 3.05) is 5.32 Å². The lowest BCUT2D eigenvalue weighted by Crippen LogP contribution is -2.34. The van der Waals surface area contributed by atoms with Gasteiger partial charge in [0.05, 0.1) is 11.8 Å². The van der Waals surface area contributed by atoms with Crippen molar-refractivity contribution in [2.45, 2.75) is 26.3 Å². The Labute approximate surface area is 153 Å². The normalized spacial score (nSPS) is 12.1. The molecule has 4 N–H and O–H groups in total. The Morgan fingerprint density at radius 2 is 2.04 bits per heavy atom. The van der Waals surface area contributed by atoms with Gasteiger partial charge in [0.2, 0.25) is 5.91 Å². The summed E-state index contributed by atoms with van der Waals surface area (Å²) in [4.78, 5) is 31.8. The van der Waals surface area contributed by atoms with Crippen LogP contribution in [0.15, 0.2) is 29.9 Å². The second-order valence-electron chi connectivity index (χ2n) is 6.08. The van der Waals surface area contributed by atoms with E-state index in [0.717, 1.165) is 32.5 Å². The molecule has 0 aliphatic rings. The number of hydrogen-bond acceptors (Lipinski definition) is 6. The van der Waals surface area contributed by atoms with Gasteiger partial charge in [0.15, 0.2) is 0 Å². The average molecular weight is 370 g/mol. The van der Waals surface area contributed by atoms with Gasteiger partial charge in [0.1, 0.15) is 23.0 Å². The number of carboxylic acid groups (broad SMARTS) is 1. The first kappa shape index (κ1) is 17.8. The summed E-state index contributed by atoms with van der Waals surface area (Å²) in [6.07, 6.45) is 1.04. The van der Waals surface area contributed by atoms with Crippen LogP contribution in [-0.4, -0.2) is 33.0 Å². The Bertz CT molecular complexity index is 999. The van der Waals surface area contributed by atoms with Crippen molar-refractivity contribution in [3.05, 3.63) is 41.0 Å². The summed E-state index contributed by atoms with van der Waals surface area (Å²) in [5.74, 6) is -1.49. The van der Waals surface area contributed by atoms with E-state index in [9.17, 15) is 14.7 Å². The van der Waals surface area contributed by atoms with E-state index in [1.54, 1.807) is 0 Å². The molecule has 7 nitrogen and oxygen atoms in total. The smallest absolute Gasteiger partial charge is 0.326 e. The van der Waals surface area contributed by atoms with E-state index in [0.29, 0.717) is 5.82 Å². The summed E-state index contributed by atoms with van der Waals surface area (Å²) < 4.78 is 0. The third kappa shape index (κ3) is 3.50. The fourth-order valence-electron chi connectivity index (χ4n) is 2.86. The number of benzene rings is 1. The van der Waals surface area contributed by atoms with Crippen LogP contribution in [0, 0.1) is 13.8 Å². The molecule has 1 unspecified atom stereocenters. The number of aromatic nitrogens is 2. The molecule has 0 radical (unpaired) electrons. The minimum Gasteiger partial charge on any atom is -0.480 e. The number of aliphatic carboxylic acids is 1. The number of aryl methyl sites for hydroxylation is 2. The highest BCUT2D eigenvalue weighted by molar-refractivity contribution is 7.17. The van der Waals surface area contributed by atoms with E-state index in [4.69, 9.17) is 5.73 Å². The molecular weight excluding hydrogens is 352 g/mol. The summed E-state index contributed by atoms with van der Waals surface area (Å²) in [5, 5.41) is 14.9. The highest BCUT2D eigenvalue weighted by Gasteiger charge is 2.23. The third-order valence-corrected chi connectivity index (χ3v) is 4.94. The van der Waals surface area contributed by atoms with Crippen LogP contribution in [0.5, 0.6) is 0 Å². The molecule has 1 amide bonds. The van der Waals surface area contributed by atoms with Crippen molar-refractivity contribution in [2.24, 2.45) is 5.73 Å². The molecule has 3 aromatic rings. The lowest BCUT2D eigenvalue weighted by molar-refractivity contribution is -0.139. The van der Waals surface area contributed by atoms with Gasteiger partial charge in [-0.3, -0.25) is 4.79 Å². The van der Waals surface area contributed by atoms with E-state index in [1.165, 1.54) is 17.7 Å². The minimum absolute atomic E-state index is 0.330. The highest BCUT2D eigenvalue weighted by atomic mass is 32.1. The number of carboxylic acids is 1. The molecule has 1 atom stereocenters. The minimum atomic E-state index is -1.17. The average Bonchev–Trinajstić information content (AvgIpc) is 2.98. The van der Waals surface area contributed by atoms with Crippen LogP contribution in [0.4, 0.5) is 5.82 Å². The molecule has 2 aromatic heterocycles. The molecule has 0 fully saturated rings. The van der Waals surface area contributed by atoms with Crippen LogP contribution >= 0.6 is 11.3 Å². The largest absolute Gasteiger partial charge is 0.480 e. The number of carbonyl (C=O) groups is 2. The number of amides is 1. The maximum absolute atomic E-state index is 11.4. The van der Waals surface area contributed by atoms with E-state index in [2.05, 4.69) is 21.4 Å². The van der Waals surface area contributed by atoms with Gasteiger partial charge in [-0.05, 0) is 25.0 Å². The maximum atomic E-state index is 11.4. The highest BCUT2D eigenvalue weighted by Crippen LogP contribution is 2.38. The first-order valence-electron chi connectivity index (χ1n) is 7.94. The van der Waals surface area contributed by atoms with Gasteiger partial charge in [0.25, 0.3) is 0 Å². The number of rotatable bonds is 6. The molecule has 0 bridgehead atoms. The molecule has 3 rings (SSSR count). The molecule has 0 saturated carbocycles. The van der Waals surface area contributed by atoms with Crippen molar-refractivity contribution in [3.63, 3.8) is 0 Å². The molecule has 8 heteroatoms. The zero-order chi connectivity index (χ0) is 18.8. The van der Waals surface area contributed by atoms with Crippen LogP contribution in [0.25, 0.3) is 21.3 Å². The Morgan fingerprint density at radius 1 is 1.27 bits per heavy atom. The van der Waals surface area contributed by atoms with Crippen molar-refractivity contribution in [3.8, 4) is 11.1 Å². The van der Waals surface area contributed by atoms with Gasteiger partial charge < -0.3 is 16.2 Å². The molecule has 0 aliphatic carbocycles. The van der Waals surface area contributed by atoms with E-state index < -0.39 is 17.9 Å². The zero-order valence-electron chi connectivity index (χ0n) is 14.3. The summed E-state index contributed by atoms with van der Waals surface area (Å²) in [5.41, 5.74) is 9.38. The fraction of sp³-hybridized carbons (Fsp3) is 0.222. The van der Waals surface area contributed by atoms with Crippen LogP contribution in [0.1, 0.15) is 17.5 Å². The molecule has 2 heterocycles. The van der Waals surface area contributed by atoms with E-state index in [1.807, 2.05) is 31.4 Å². The Hall–Kier alpha value is -3.00. The molecule has 134 valence electrons. The number of nitrogens with one attached hydrogen (secondary N) is 1. The van der Waals surface area contributed by atoms with E-state index in [-0.39, 0.29) is 6.42 Å².